The van der Waals surface area contributed by atoms with Crippen molar-refractivity contribution in [3.05, 3.63) is 123 Å². The first-order chi connectivity index (χ1) is 25.1. The van der Waals surface area contributed by atoms with E-state index in [0.29, 0.717) is 32.7 Å². The van der Waals surface area contributed by atoms with Crippen molar-refractivity contribution in [3.63, 3.8) is 0 Å². The molecule has 52 heavy (non-hydrogen) atoms. The van der Waals surface area contributed by atoms with Crippen LogP contribution in [0, 0.1) is 18.8 Å². The summed E-state index contributed by atoms with van der Waals surface area (Å²) in [5, 5.41) is 14.3. The number of fused-ring (bicyclic) bond motifs is 2. The number of hydrogen-bond acceptors (Lipinski definition) is 7. The minimum atomic E-state index is -1.60. The van der Waals surface area contributed by atoms with Gasteiger partial charge in [-0.2, -0.15) is 0 Å². The first kappa shape index (κ1) is 36.1. The van der Waals surface area contributed by atoms with Crippen LogP contribution in [0.25, 0.3) is 0 Å². The predicted molar refractivity (Wildman–Crippen MR) is 198 cm³/mol. The summed E-state index contributed by atoms with van der Waals surface area (Å²) in [7, 11) is 0. The highest BCUT2D eigenvalue weighted by atomic mass is 79.9. The number of aliphatic hydroxyl groups is 1. The average Bonchev–Trinajstić information content (AvgIpc) is 3.73. The lowest BCUT2D eigenvalue weighted by Gasteiger charge is -2.39. The summed E-state index contributed by atoms with van der Waals surface area (Å²) < 4.78 is 13.5. The predicted octanol–water partition coefficient (Wildman–Crippen LogP) is 5.73. The van der Waals surface area contributed by atoms with Gasteiger partial charge in [0.25, 0.3) is 5.91 Å². The van der Waals surface area contributed by atoms with E-state index < -0.39 is 72.2 Å². The summed E-state index contributed by atoms with van der Waals surface area (Å²) in [5.74, 6) is -4.28. The third kappa shape index (κ3) is 6.17. The Morgan fingerprint density at radius 1 is 0.962 bits per heavy atom. The first-order valence-electron chi connectivity index (χ1n) is 17.4. The Kier molecular flexibility index (Phi) is 10.1. The summed E-state index contributed by atoms with van der Waals surface area (Å²) >= 11 is 10.4. The number of ether oxygens (including phenoxy) is 2. The number of para-hydroxylation sites is 1. The first-order valence-corrected chi connectivity index (χ1v) is 18.5. The number of carbonyl (C=O) groups is 4. The molecule has 3 aromatic rings. The van der Waals surface area contributed by atoms with Crippen LogP contribution in [0.15, 0.2) is 102 Å². The highest BCUT2D eigenvalue weighted by Gasteiger charge is 2.75. The fourth-order valence-corrected chi connectivity index (χ4v) is 9.25. The molecule has 4 heterocycles. The SMILES string of the molecule is Cc1cccc(Cl)c1N1C/C=C\CCC(=O)N[C@@H](C)[C@H](c2ccccc2)OC(=O)[C@H]2[C@@H]3O[C@@]4(C=C3Br)[C@@H]2C(=O)N([C@H](CO)c2ccccc2)[C@@H]4C1=O. The minimum absolute atomic E-state index is 0.0612. The van der Waals surface area contributed by atoms with Crippen LogP contribution in [-0.4, -0.2) is 70.6 Å². The number of rotatable bonds is 5. The van der Waals surface area contributed by atoms with Gasteiger partial charge in [-0.25, -0.2) is 0 Å². The lowest BCUT2D eigenvalue weighted by Crippen LogP contribution is -2.57. The molecule has 270 valence electrons. The third-order valence-electron chi connectivity index (χ3n) is 10.5. The van der Waals surface area contributed by atoms with Crippen molar-refractivity contribution >= 4 is 56.9 Å². The third-order valence-corrected chi connectivity index (χ3v) is 11.5. The quantitative estimate of drug-likeness (QED) is 0.250. The topological polar surface area (TPSA) is 125 Å². The highest BCUT2D eigenvalue weighted by molar-refractivity contribution is 9.11. The molecule has 7 rings (SSSR count). The fraction of sp³-hybridized carbons (Fsp3) is 0.350. The van der Waals surface area contributed by atoms with Crippen molar-refractivity contribution in [2.24, 2.45) is 11.8 Å². The Hall–Kier alpha value is -4.29. The van der Waals surface area contributed by atoms with Crippen molar-refractivity contribution in [1.82, 2.24) is 10.2 Å². The van der Waals surface area contributed by atoms with Gasteiger partial charge in [-0.1, -0.05) is 112 Å². The van der Waals surface area contributed by atoms with E-state index in [2.05, 4.69) is 21.2 Å². The van der Waals surface area contributed by atoms with Crippen LogP contribution in [0.1, 0.15) is 48.6 Å². The molecule has 2 N–H and O–H groups in total. The summed E-state index contributed by atoms with van der Waals surface area (Å²) in [6, 6.07) is 20.5. The average molecular weight is 789 g/mol. The molecule has 8 atom stereocenters. The van der Waals surface area contributed by atoms with Crippen LogP contribution < -0.4 is 10.2 Å². The van der Waals surface area contributed by atoms with Crippen molar-refractivity contribution < 1.29 is 33.8 Å². The number of hydrogen-bond donors (Lipinski definition) is 2. The number of benzene rings is 3. The lowest BCUT2D eigenvalue weighted by molar-refractivity contribution is -0.161. The maximum absolute atomic E-state index is 15.4. The van der Waals surface area contributed by atoms with Gasteiger partial charge in [0.2, 0.25) is 11.8 Å². The second kappa shape index (κ2) is 14.6. The van der Waals surface area contributed by atoms with Gasteiger partial charge in [0.15, 0.2) is 0 Å². The number of aryl methyl sites for hydroxylation is 1. The van der Waals surface area contributed by atoms with Crippen LogP contribution in [-0.2, 0) is 28.7 Å². The second-order valence-electron chi connectivity index (χ2n) is 13.7. The summed E-state index contributed by atoms with van der Waals surface area (Å²) in [6.07, 6.45) is 4.08. The fourth-order valence-electron chi connectivity index (χ4n) is 8.19. The maximum atomic E-state index is 15.4. The molecule has 0 unspecified atom stereocenters. The molecule has 4 aliphatic heterocycles. The number of esters is 1. The normalized spacial score (nSPS) is 30.4. The van der Waals surface area contributed by atoms with Crippen molar-refractivity contribution in [2.75, 3.05) is 18.1 Å². The Balaban J connectivity index is 1.41. The molecule has 1 spiro atoms. The molecule has 0 aliphatic carbocycles. The van der Waals surface area contributed by atoms with Crippen molar-refractivity contribution in [3.8, 4) is 0 Å². The van der Waals surface area contributed by atoms with E-state index >= 15 is 9.59 Å². The molecule has 2 fully saturated rings. The zero-order valence-electron chi connectivity index (χ0n) is 28.7. The molecule has 3 aromatic carbocycles. The Labute approximate surface area is 315 Å². The van der Waals surface area contributed by atoms with Crippen LogP contribution >= 0.6 is 27.5 Å². The number of allylic oxidation sites excluding steroid dienone is 1. The number of halogens is 2. The molecular formula is C40H39BrClN3O7. The number of carbonyl (C=O) groups excluding carboxylic acids is 4. The standard InChI is InChI=1S/C40H39BrClN3O7/c1-23-13-12-18-28(42)33(23)44-20-11-5-10-19-30(47)43-24(2)34(26-16-8-4-9-17-26)51-39(50)31-32-37(48)45(29(22-46)25-14-6-3-7-15-25)36(38(44)49)40(32)21-27(41)35(31)52-40/h3-9,11-18,21,24,29,31-32,34-36,46H,10,19-20,22H2,1-2H3,(H,43,47)/b11-5-/t24-,29+,31+,32-,34+,35+,36+,40-/m0/s1. The smallest absolute Gasteiger partial charge is 0.313 e. The van der Waals surface area contributed by atoms with E-state index in [1.807, 2.05) is 55.5 Å². The largest absolute Gasteiger partial charge is 0.455 e. The molecule has 4 aliphatic rings. The zero-order chi connectivity index (χ0) is 36.7. The monoisotopic (exact) mass is 787 g/mol. The van der Waals surface area contributed by atoms with E-state index in [0.717, 1.165) is 5.56 Å². The maximum Gasteiger partial charge on any atom is 0.313 e. The number of likely N-dealkylation sites (tertiary alicyclic amines) is 1. The highest BCUT2D eigenvalue weighted by Crippen LogP contribution is 2.60. The van der Waals surface area contributed by atoms with Crippen LogP contribution in [0.2, 0.25) is 5.02 Å². The number of amides is 3. The van der Waals surface area contributed by atoms with Crippen molar-refractivity contribution in [1.29, 1.82) is 0 Å². The van der Waals surface area contributed by atoms with Gasteiger partial charge in [-0.15, -0.1) is 0 Å². The van der Waals surface area contributed by atoms with E-state index in [1.54, 1.807) is 55.5 Å². The zero-order valence-corrected chi connectivity index (χ0v) is 31.0. The molecule has 0 aromatic heterocycles. The van der Waals surface area contributed by atoms with E-state index in [1.165, 1.54) is 9.80 Å². The van der Waals surface area contributed by atoms with Crippen LogP contribution in [0.4, 0.5) is 5.69 Å². The number of nitrogens with zero attached hydrogens (tertiary/aromatic N) is 2. The molecular weight excluding hydrogens is 750 g/mol. The molecule has 12 heteroatoms. The molecule has 2 saturated heterocycles. The van der Waals surface area contributed by atoms with Gasteiger partial charge in [0, 0.05) is 17.4 Å². The molecule has 5 bridgehead atoms. The van der Waals surface area contributed by atoms with Gasteiger partial charge < -0.3 is 29.7 Å². The molecule has 0 radical (unpaired) electrons. The summed E-state index contributed by atoms with van der Waals surface area (Å²) in [5.41, 5.74) is 0.851. The number of nitrogens with one attached hydrogen (secondary N) is 1. The second-order valence-corrected chi connectivity index (χ2v) is 15.0. The molecule has 0 saturated carbocycles. The van der Waals surface area contributed by atoms with Crippen LogP contribution in [0.5, 0.6) is 0 Å². The number of aliphatic hydroxyl groups excluding tert-OH is 1. The Morgan fingerprint density at radius 2 is 1.67 bits per heavy atom. The lowest BCUT2D eigenvalue weighted by atomic mass is 9.74. The van der Waals surface area contributed by atoms with Gasteiger partial charge in [0.1, 0.15) is 29.8 Å². The van der Waals surface area contributed by atoms with E-state index in [-0.39, 0.29) is 18.9 Å². The van der Waals surface area contributed by atoms with Gasteiger partial charge in [-0.3, -0.25) is 19.2 Å². The van der Waals surface area contributed by atoms with E-state index in [9.17, 15) is 14.7 Å². The number of anilines is 1. The summed E-state index contributed by atoms with van der Waals surface area (Å²) in [6.45, 7) is 3.18. The molecule has 10 nitrogen and oxygen atoms in total. The van der Waals surface area contributed by atoms with Gasteiger partial charge >= 0.3 is 5.97 Å². The Bertz CT molecular complexity index is 1920. The van der Waals surface area contributed by atoms with Crippen LogP contribution in [0.3, 0.4) is 0 Å². The van der Waals surface area contributed by atoms with Gasteiger partial charge in [-0.05, 0) is 49.1 Å². The number of cyclic esters (lactones) is 1. The minimum Gasteiger partial charge on any atom is -0.455 e. The summed E-state index contributed by atoms with van der Waals surface area (Å²) in [4.78, 5) is 61.1. The van der Waals surface area contributed by atoms with Gasteiger partial charge in [0.05, 0.1) is 35.3 Å². The Morgan fingerprint density at radius 3 is 2.37 bits per heavy atom. The van der Waals surface area contributed by atoms with Crippen molar-refractivity contribution in [2.45, 2.75) is 62.6 Å². The van der Waals surface area contributed by atoms with E-state index in [4.69, 9.17) is 21.1 Å². The molecule has 3 amide bonds.